The van der Waals surface area contributed by atoms with Gasteiger partial charge < -0.3 is 10.2 Å². The molecule has 0 radical (unpaired) electrons. The Morgan fingerprint density at radius 3 is 2.63 bits per heavy atom. The van der Waals surface area contributed by atoms with E-state index in [1.165, 1.54) is 18.4 Å². The molecule has 0 amide bonds. The number of benzene rings is 1. The molecule has 2 heterocycles. The Hall–Kier alpha value is -1.57. The minimum atomic E-state index is 0. The van der Waals surface area contributed by atoms with E-state index >= 15 is 0 Å². The van der Waals surface area contributed by atoms with Crippen molar-refractivity contribution in [3.8, 4) is 0 Å². The largest absolute Gasteiger partial charge is 0.357 e. The maximum absolute atomic E-state index is 4.88. The molecule has 1 N–H and O–H groups in total. The van der Waals surface area contributed by atoms with Gasteiger partial charge in [0.25, 0.3) is 0 Å². The summed E-state index contributed by atoms with van der Waals surface area (Å²) in [6, 6.07) is 13.0. The molecule has 1 fully saturated rings. The first-order valence-electron chi connectivity index (χ1n) is 9.78. The number of hydrogen-bond acceptors (Lipinski definition) is 2. The highest BCUT2D eigenvalue weighted by Gasteiger charge is 2.30. The van der Waals surface area contributed by atoms with Crippen LogP contribution in [0.25, 0.3) is 0 Å². The van der Waals surface area contributed by atoms with E-state index in [1.54, 1.807) is 0 Å². The SMILES string of the molecule is CCNC(=NCc1ccnn1C)N1CCC(c2ccccc2)C(CC)C1.I. The Bertz CT molecular complexity index is 712. The molecule has 1 aromatic carbocycles. The molecule has 0 aliphatic carbocycles. The monoisotopic (exact) mass is 481 g/mol. The number of aliphatic imine (C=N–C) groups is 1. The van der Waals surface area contributed by atoms with Crippen molar-refractivity contribution < 1.29 is 0 Å². The summed E-state index contributed by atoms with van der Waals surface area (Å²) in [6.07, 6.45) is 4.20. The number of piperidine rings is 1. The van der Waals surface area contributed by atoms with Crippen molar-refractivity contribution in [3.63, 3.8) is 0 Å². The van der Waals surface area contributed by atoms with E-state index in [1.807, 2.05) is 24.0 Å². The van der Waals surface area contributed by atoms with E-state index in [4.69, 9.17) is 4.99 Å². The van der Waals surface area contributed by atoms with Gasteiger partial charge in [-0.1, -0.05) is 43.7 Å². The average molecular weight is 481 g/mol. The molecular weight excluding hydrogens is 449 g/mol. The van der Waals surface area contributed by atoms with Gasteiger partial charge in [0.1, 0.15) is 0 Å². The standard InChI is InChI=1S/C21H31N5.HI/c1-4-17-16-26(14-12-20(17)18-9-7-6-8-10-18)21(22-5-2)23-15-19-11-13-24-25(19)3;/h6-11,13,17,20H,4-5,12,14-16H2,1-3H3,(H,22,23);1H. The molecule has 148 valence electrons. The van der Waals surface area contributed by atoms with Gasteiger partial charge in [0.05, 0.1) is 12.2 Å². The van der Waals surface area contributed by atoms with Gasteiger partial charge in [-0.25, -0.2) is 4.99 Å². The quantitative estimate of drug-likeness (QED) is 0.399. The van der Waals surface area contributed by atoms with Crippen molar-refractivity contribution >= 4 is 29.9 Å². The van der Waals surface area contributed by atoms with E-state index in [9.17, 15) is 0 Å². The minimum absolute atomic E-state index is 0. The summed E-state index contributed by atoms with van der Waals surface area (Å²) in [6.45, 7) is 8.10. The number of halogens is 1. The zero-order chi connectivity index (χ0) is 18.4. The van der Waals surface area contributed by atoms with Crippen LogP contribution in [0, 0.1) is 5.92 Å². The number of rotatable bonds is 5. The van der Waals surface area contributed by atoms with Crippen molar-refractivity contribution in [2.45, 2.75) is 39.2 Å². The van der Waals surface area contributed by atoms with Crippen LogP contribution in [-0.4, -0.2) is 40.3 Å². The zero-order valence-electron chi connectivity index (χ0n) is 16.6. The first-order chi connectivity index (χ1) is 12.7. The predicted molar refractivity (Wildman–Crippen MR) is 123 cm³/mol. The van der Waals surface area contributed by atoms with Gasteiger partial charge in [-0.2, -0.15) is 5.10 Å². The summed E-state index contributed by atoms with van der Waals surface area (Å²) in [7, 11) is 1.97. The van der Waals surface area contributed by atoms with Crippen molar-refractivity contribution in [1.82, 2.24) is 20.0 Å². The number of hydrogen-bond donors (Lipinski definition) is 1. The lowest BCUT2D eigenvalue weighted by molar-refractivity contribution is 0.215. The smallest absolute Gasteiger partial charge is 0.194 e. The van der Waals surface area contributed by atoms with Crippen LogP contribution in [0.2, 0.25) is 0 Å². The minimum Gasteiger partial charge on any atom is -0.357 e. The van der Waals surface area contributed by atoms with Crippen LogP contribution in [0.15, 0.2) is 47.6 Å². The molecule has 1 saturated heterocycles. The van der Waals surface area contributed by atoms with Gasteiger partial charge in [0.15, 0.2) is 5.96 Å². The molecular formula is C21H32IN5. The summed E-state index contributed by atoms with van der Waals surface area (Å²) in [5.74, 6) is 2.34. The van der Waals surface area contributed by atoms with E-state index in [0.717, 1.165) is 31.3 Å². The number of aryl methyl sites for hydroxylation is 1. The highest BCUT2D eigenvalue weighted by molar-refractivity contribution is 14.0. The van der Waals surface area contributed by atoms with Crippen LogP contribution in [0.5, 0.6) is 0 Å². The van der Waals surface area contributed by atoms with E-state index in [0.29, 0.717) is 18.4 Å². The van der Waals surface area contributed by atoms with Crippen molar-refractivity contribution in [3.05, 3.63) is 53.9 Å². The van der Waals surface area contributed by atoms with Crippen molar-refractivity contribution in [2.24, 2.45) is 18.0 Å². The fraction of sp³-hybridized carbons (Fsp3) is 0.524. The van der Waals surface area contributed by atoms with Crippen LogP contribution < -0.4 is 5.32 Å². The summed E-state index contributed by atoms with van der Waals surface area (Å²) in [4.78, 5) is 7.32. The second-order valence-electron chi connectivity index (χ2n) is 7.04. The molecule has 0 saturated carbocycles. The molecule has 0 spiro atoms. The summed E-state index contributed by atoms with van der Waals surface area (Å²) in [5, 5.41) is 7.72. The average Bonchev–Trinajstić information content (AvgIpc) is 3.10. The molecule has 1 aliphatic heterocycles. The lowest BCUT2D eigenvalue weighted by Gasteiger charge is -2.40. The number of guanidine groups is 1. The fourth-order valence-electron chi connectivity index (χ4n) is 3.92. The van der Waals surface area contributed by atoms with Gasteiger partial charge in [-0.3, -0.25) is 4.68 Å². The molecule has 3 rings (SSSR count). The normalized spacial score (nSPS) is 20.3. The third-order valence-electron chi connectivity index (χ3n) is 5.43. The maximum atomic E-state index is 4.88. The molecule has 2 aromatic rings. The van der Waals surface area contributed by atoms with E-state index in [2.05, 4.69) is 59.5 Å². The molecule has 2 unspecified atom stereocenters. The number of likely N-dealkylation sites (tertiary alicyclic amines) is 1. The lowest BCUT2D eigenvalue weighted by atomic mass is 9.79. The first kappa shape index (κ1) is 21.7. The van der Waals surface area contributed by atoms with Gasteiger partial charge in [-0.05, 0) is 36.8 Å². The zero-order valence-corrected chi connectivity index (χ0v) is 19.0. The molecule has 1 aliphatic rings. The highest BCUT2D eigenvalue weighted by atomic mass is 127. The lowest BCUT2D eigenvalue weighted by Crippen LogP contribution is -2.48. The Labute approximate surface area is 180 Å². The molecule has 6 heteroatoms. The summed E-state index contributed by atoms with van der Waals surface area (Å²) >= 11 is 0. The topological polar surface area (TPSA) is 45.5 Å². The fourth-order valence-corrected chi connectivity index (χ4v) is 3.92. The van der Waals surface area contributed by atoms with Crippen LogP contribution in [0.1, 0.15) is 43.9 Å². The van der Waals surface area contributed by atoms with Crippen LogP contribution in [0.3, 0.4) is 0 Å². The molecule has 1 aromatic heterocycles. The maximum Gasteiger partial charge on any atom is 0.194 e. The predicted octanol–water partition coefficient (Wildman–Crippen LogP) is 4.02. The van der Waals surface area contributed by atoms with Crippen LogP contribution >= 0.6 is 24.0 Å². The number of nitrogens with one attached hydrogen (secondary N) is 1. The van der Waals surface area contributed by atoms with Gasteiger partial charge in [0, 0.05) is 32.9 Å². The third kappa shape index (κ3) is 5.46. The second kappa shape index (κ2) is 10.7. The van der Waals surface area contributed by atoms with Gasteiger partial charge in [0.2, 0.25) is 0 Å². The van der Waals surface area contributed by atoms with Gasteiger partial charge in [-0.15, -0.1) is 24.0 Å². The summed E-state index contributed by atoms with van der Waals surface area (Å²) < 4.78 is 1.89. The van der Waals surface area contributed by atoms with Crippen LogP contribution in [0.4, 0.5) is 0 Å². The second-order valence-corrected chi connectivity index (χ2v) is 7.04. The Balaban J connectivity index is 0.00000261. The molecule has 0 bridgehead atoms. The van der Waals surface area contributed by atoms with Gasteiger partial charge >= 0.3 is 0 Å². The van der Waals surface area contributed by atoms with Crippen molar-refractivity contribution in [2.75, 3.05) is 19.6 Å². The highest BCUT2D eigenvalue weighted by Crippen LogP contribution is 2.34. The van der Waals surface area contributed by atoms with E-state index < -0.39 is 0 Å². The Kier molecular flexibility index (Phi) is 8.60. The van der Waals surface area contributed by atoms with Crippen LogP contribution in [-0.2, 0) is 13.6 Å². The third-order valence-corrected chi connectivity index (χ3v) is 5.43. The molecule has 2 atom stereocenters. The number of nitrogens with zero attached hydrogens (tertiary/aromatic N) is 4. The van der Waals surface area contributed by atoms with E-state index in [-0.39, 0.29) is 24.0 Å². The Morgan fingerprint density at radius 1 is 1.22 bits per heavy atom. The Morgan fingerprint density at radius 2 is 2.00 bits per heavy atom. The number of aromatic nitrogens is 2. The first-order valence-corrected chi connectivity index (χ1v) is 9.78. The van der Waals surface area contributed by atoms with Crippen molar-refractivity contribution in [1.29, 1.82) is 0 Å². The summed E-state index contributed by atoms with van der Waals surface area (Å²) in [5.41, 5.74) is 2.61. The molecule has 5 nitrogen and oxygen atoms in total. The molecule has 27 heavy (non-hydrogen) atoms.